The van der Waals surface area contributed by atoms with Crippen molar-refractivity contribution in [3.05, 3.63) is 0 Å². The SMILES string of the molecule is CC.CCCC(CC)C(=O)OC(C)CC. The molecule has 0 bridgehead atoms. The van der Waals surface area contributed by atoms with E-state index in [0.29, 0.717) is 0 Å². The summed E-state index contributed by atoms with van der Waals surface area (Å²) in [4.78, 5) is 11.5. The summed E-state index contributed by atoms with van der Waals surface area (Å²) in [5, 5.41) is 0. The van der Waals surface area contributed by atoms with Crippen molar-refractivity contribution < 1.29 is 9.53 Å². The third-order valence-electron chi connectivity index (χ3n) is 2.36. The van der Waals surface area contributed by atoms with Crippen LogP contribution in [-0.2, 0) is 9.53 Å². The Hall–Kier alpha value is -0.530. The van der Waals surface area contributed by atoms with E-state index in [1.165, 1.54) is 0 Å². The Bertz CT molecular complexity index is 143. The average Bonchev–Trinajstić information content (AvgIpc) is 2.28. The number of rotatable bonds is 6. The highest BCUT2D eigenvalue weighted by molar-refractivity contribution is 5.72. The second-order valence-electron chi connectivity index (χ2n) is 3.55. The molecule has 0 rings (SSSR count). The molecular formula is C13H28O2. The molecule has 2 nitrogen and oxygen atoms in total. The molecule has 0 radical (unpaired) electrons. The van der Waals surface area contributed by atoms with Crippen LogP contribution in [0.25, 0.3) is 0 Å². The van der Waals surface area contributed by atoms with Gasteiger partial charge in [-0.25, -0.2) is 0 Å². The summed E-state index contributed by atoms with van der Waals surface area (Å²) in [6.07, 6.45) is 3.86. The van der Waals surface area contributed by atoms with Gasteiger partial charge in [-0.3, -0.25) is 4.79 Å². The Balaban J connectivity index is 0. The molecule has 2 atom stereocenters. The van der Waals surface area contributed by atoms with Gasteiger partial charge in [-0.1, -0.05) is 41.0 Å². The van der Waals surface area contributed by atoms with Crippen LogP contribution in [0.5, 0.6) is 0 Å². The largest absolute Gasteiger partial charge is 0.462 e. The van der Waals surface area contributed by atoms with E-state index in [1.807, 2.05) is 34.6 Å². The Kier molecular flexibility index (Phi) is 13.0. The standard InChI is InChI=1S/C11H22O2.C2H6/c1-5-8-10(7-3)11(12)13-9(4)6-2;1-2/h9-10H,5-8H2,1-4H3;1-2H3. The van der Waals surface area contributed by atoms with Crippen LogP contribution in [-0.4, -0.2) is 12.1 Å². The lowest BCUT2D eigenvalue weighted by atomic mass is 10.0. The van der Waals surface area contributed by atoms with Crippen LogP contribution >= 0.6 is 0 Å². The predicted molar refractivity (Wildman–Crippen MR) is 65.9 cm³/mol. The van der Waals surface area contributed by atoms with Gasteiger partial charge in [0.2, 0.25) is 0 Å². The van der Waals surface area contributed by atoms with E-state index in [-0.39, 0.29) is 18.0 Å². The van der Waals surface area contributed by atoms with Crippen molar-refractivity contribution in [1.82, 2.24) is 0 Å². The monoisotopic (exact) mass is 216 g/mol. The molecule has 0 aliphatic heterocycles. The highest BCUT2D eigenvalue weighted by Crippen LogP contribution is 2.14. The van der Waals surface area contributed by atoms with Crippen LogP contribution in [0.3, 0.4) is 0 Å². The van der Waals surface area contributed by atoms with E-state index in [4.69, 9.17) is 4.74 Å². The van der Waals surface area contributed by atoms with Crippen LogP contribution in [0.4, 0.5) is 0 Å². The summed E-state index contributed by atoms with van der Waals surface area (Å²) >= 11 is 0. The van der Waals surface area contributed by atoms with Crippen LogP contribution < -0.4 is 0 Å². The van der Waals surface area contributed by atoms with Gasteiger partial charge in [-0.15, -0.1) is 0 Å². The molecule has 2 heteroatoms. The van der Waals surface area contributed by atoms with E-state index < -0.39 is 0 Å². The van der Waals surface area contributed by atoms with Gasteiger partial charge in [-0.05, 0) is 26.2 Å². The van der Waals surface area contributed by atoms with Crippen LogP contribution in [0, 0.1) is 5.92 Å². The Morgan fingerprint density at radius 1 is 1.13 bits per heavy atom. The topological polar surface area (TPSA) is 26.3 Å². The Morgan fingerprint density at radius 3 is 2.00 bits per heavy atom. The molecule has 0 N–H and O–H groups in total. The highest BCUT2D eigenvalue weighted by Gasteiger charge is 2.18. The third-order valence-corrected chi connectivity index (χ3v) is 2.36. The van der Waals surface area contributed by atoms with Crippen molar-refractivity contribution in [2.45, 2.75) is 73.3 Å². The third kappa shape index (κ3) is 8.46. The molecule has 0 heterocycles. The van der Waals surface area contributed by atoms with Gasteiger partial charge in [0, 0.05) is 0 Å². The summed E-state index contributed by atoms with van der Waals surface area (Å²) in [5.41, 5.74) is 0. The van der Waals surface area contributed by atoms with Gasteiger partial charge >= 0.3 is 5.97 Å². The number of hydrogen-bond donors (Lipinski definition) is 0. The molecule has 0 aromatic rings. The zero-order valence-electron chi connectivity index (χ0n) is 11.3. The Morgan fingerprint density at radius 2 is 1.67 bits per heavy atom. The van der Waals surface area contributed by atoms with Crippen molar-refractivity contribution >= 4 is 5.97 Å². The molecule has 0 aliphatic carbocycles. The maximum Gasteiger partial charge on any atom is 0.309 e. The van der Waals surface area contributed by atoms with Gasteiger partial charge in [0.25, 0.3) is 0 Å². The minimum atomic E-state index is -0.0151. The van der Waals surface area contributed by atoms with Crippen LogP contribution in [0.1, 0.15) is 67.2 Å². The highest BCUT2D eigenvalue weighted by atomic mass is 16.5. The summed E-state index contributed by atoms with van der Waals surface area (Å²) in [5.74, 6) is 0.0951. The average molecular weight is 216 g/mol. The molecule has 0 saturated carbocycles. The van der Waals surface area contributed by atoms with Gasteiger partial charge in [0.15, 0.2) is 0 Å². The molecular weight excluding hydrogens is 188 g/mol. The Labute approximate surface area is 95.4 Å². The number of ether oxygens (including phenoxy) is 1. The lowest BCUT2D eigenvalue weighted by Crippen LogP contribution is -2.21. The van der Waals surface area contributed by atoms with Crippen molar-refractivity contribution in [2.75, 3.05) is 0 Å². The number of carbonyl (C=O) groups is 1. The van der Waals surface area contributed by atoms with Crippen molar-refractivity contribution in [3.63, 3.8) is 0 Å². The molecule has 0 aromatic carbocycles. The molecule has 0 amide bonds. The van der Waals surface area contributed by atoms with Crippen LogP contribution in [0.15, 0.2) is 0 Å². The fraction of sp³-hybridized carbons (Fsp3) is 0.923. The van der Waals surface area contributed by atoms with E-state index >= 15 is 0 Å². The predicted octanol–water partition coefficient (Wildman–Crippen LogP) is 4.18. The number of esters is 1. The minimum Gasteiger partial charge on any atom is -0.462 e. The van der Waals surface area contributed by atoms with Gasteiger partial charge in [0.05, 0.1) is 12.0 Å². The van der Waals surface area contributed by atoms with Gasteiger partial charge < -0.3 is 4.74 Å². The van der Waals surface area contributed by atoms with Crippen molar-refractivity contribution in [1.29, 1.82) is 0 Å². The maximum atomic E-state index is 11.5. The van der Waals surface area contributed by atoms with Crippen LogP contribution in [0.2, 0.25) is 0 Å². The molecule has 0 saturated heterocycles. The molecule has 15 heavy (non-hydrogen) atoms. The number of hydrogen-bond acceptors (Lipinski definition) is 2. The molecule has 92 valence electrons. The van der Waals surface area contributed by atoms with Crippen molar-refractivity contribution in [3.8, 4) is 0 Å². The summed E-state index contributed by atoms with van der Waals surface area (Å²) in [6.45, 7) is 12.1. The first kappa shape index (κ1) is 16.9. The molecule has 0 fully saturated rings. The van der Waals surface area contributed by atoms with E-state index in [1.54, 1.807) is 0 Å². The molecule has 0 aromatic heterocycles. The molecule has 2 unspecified atom stereocenters. The minimum absolute atomic E-state index is 0.0151. The zero-order chi connectivity index (χ0) is 12.3. The van der Waals surface area contributed by atoms with E-state index in [0.717, 1.165) is 25.7 Å². The maximum absolute atomic E-state index is 11.5. The first-order chi connectivity index (χ1) is 7.15. The fourth-order valence-corrected chi connectivity index (χ4v) is 1.21. The van der Waals surface area contributed by atoms with Gasteiger partial charge in [0.1, 0.15) is 0 Å². The molecule has 0 aliphatic rings. The summed E-state index contributed by atoms with van der Waals surface area (Å²) in [6, 6.07) is 0. The number of carbonyl (C=O) groups excluding carboxylic acids is 1. The van der Waals surface area contributed by atoms with Gasteiger partial charge in [-0.2, -0.15) is 0 Å². The zero-order valence-corrected chi connectivity index (χ0v) is 11.3. The second-order valence-corrected chi connectivity index (χ2v) is 3.55. The smallest absolute Gasteiger partial charge is 0.309 e. The quantitative estimate of drug-likeness (QED) is 0.623. The summed E-state index contributed by atoms with van der Waals surface area (Å²) < 4.78 is 5.27. The second kappa shape index (κ2) is 11.5. The first-order valence-electron chi connectivity index (χ1n) is 6.36. The van der Waals surface area contributed by atoms with Crippen molar-refractivity contribution in [2.24, 2.45) is 5.92 Å². The van der Waals surface area contributed by atoms with E-state index in [9.17, 15) is 4.79 Å². The fourth-order valence-electron chi connectivity index (χ4n) is 1.21. The normalized spacial score (nSPS) is 13.5. The summed E-state index contributed by atoms with van der Waals surface area (Å²) in [7, 11) is 0. The molecule has 0 spiro atoms. The first-order valence-corrected chi connectivity index (χ1v) is 6.36. The lowest BCUT2D eigenvalue weighted by molar-refractivity contribution is -0.153. The lowest BCUT2D eigenvalue weighted by Gasteiger charge is -2.16. The van der Waals surface area contributed by atoms with E-state index in [2.05, 4.69) is 6.92 Å².